The van der Waals surface area contributed by atoms with Gasteiger partial charge in [0.1, 0.15) is 34.7 Å². The summed E-state index contributed by atoms with van der Waals surface area (Å²) in [5.74, 6) is -7.68. The van der Waals surface area contributed by atoms with Crippen LogP contribution >= 0.6 is 0 Å². The predicted octanol–water partition coefficient (Wildman–Crippen LogP) is 1.23. The Kier molecular flexibility index (Phi) is 8.34. The number of esters is 1. The highest BCUT2D eigenvalue weighted by molar-refractivity contribution is 5.89. The summed E-state index contributed by atoms with van der Waals surface area (Å²) in [5.41, 5.74) is -1.39. The second-order valence-corrected chi connectivity index (χ2v) is 9.98. The van der Waals surface area contributed by atoms with Crippen LogP contribution in [-0.4, -0.2) is 88.6 Å². The van der Waals surface area contributed by atoms with Gasteiger partial charge in [0.15, 0.2) is 41.0 Å². The first-order chi connectivity index (χ1) is 21.7. The minimum absolute atomic E-state index is 0.119. The van der Waals surface area contributed by atoms with E-state index in [2.05, 4.69) is 0 Å². The maximum Gasteiger partial charge on any atom is 0.335 e. The Morgan fingerprint density at radius 3 is 2.13 bits per heavy atom. The van der Waals surface area contributed by atoms with Crippen LogP contribution in [0.15, 0.2) is 63.8 Å². The lowest BCUT2D eigenvalue weighted by molar-refractivity contribution is -0.275. The molecule has 0 spiro atoms. The van der Waals surface area contributed by atoms with Crippen molar-refractivity contribution in [1.82, 2.24) is 0 Å². The number of fused-ring (bicyclic) bond motifs is 1. The fraction of sp³-hybridized carbons (Fsp3) is 0.167. The Hall–Kier alpha value is -5.97. The van der Waals surface area contributed by atoms with Gasteiger partial charge in [0.05, 0.1) is 0 Å². The first-order valence-electron chi connectivity index (χ1n) is 13.1. The van der Waals surface area contributed by atoms with E-state index in [0.29, 0.717) is 0 Å². The minimum atomic E-state index is -2.17. The zero-order valence-electron chi connectivity index (χ0n) is 23.0. The van der Waals surface area contributed by atoms with E-state index in [9.17, 15) is 60.3 Å². The lowest BCUT2D eigenvalue weighted by atomic mass is 9.98. The van der Waals surface area contributed by atoms with E-state index in [1.54, 1.807) is 0 Å². The van der Waals surface area contributed by atoms with Crippen molar-refractivity contribution in [1.29, 1.82) is 0 Å². The van der Waals surface area contributed by atoms with Gasteiger partial charge in [0.25, 0.3) is 0 Å². The van der Waals surface area contributed by atoms with Crippen LogP contribution in [0.1, 0.15) is 5.56 Å². The van der Waals surface area contributed by atoms with Gasteiger partial charge < -0.3 is 64.6 Å². The molecule has 240 valence electrons. The van der Waals surface area contributed by atoms with Crippen LogP contribution < -0.4 is 10.2 Å². The van der Waals surface area contributed by atoms with Crippen LogP contribution in [-0.2, 0) is 19.1 Å². The summed E-state index contributed by atoms with van der Waals surface area (Å²) in [5, 5.41) is 89.6. The Labute approximate surface area is 256 Å². The number of benzene rings is 3. The van der Waals surface area contributed by atoms with Gasteiger partial charge in [-0.1, -0.05) is 6.07 Å². The van der Waals surface area contributed by atoms with Crippen molar-refractivity contribution in [2.24, 2.45) is 0 Å². The Morgan fingerprint density at radius 1 is 0.804 bits per heavy atom. The van der Waals surface area contributed by atoms with E-state index < -0.39 is 99.5 Å². The maximum atomic E-state index is 13.7. The monoisotopic (exact) mass is 640 g/mol. The second kappa shape index (κ2) is 12.2. The van der Waals surface area contributed by atoms with Crippen molar-refractivity contribution in [3.63, 3.8) is 0 Å². The number of phenolic OH excluding ortho intramolecular Hbond substituents is 6. The zero-order chi connectivity index (χ0) is 33.4. The molecular formula is C30H24O16. The van der Waals surface area contributed by atoms with Gasteiger partial charge >= 0.3 is 11.9 Å². The summed E-state index contributed by atoms with van der Waals surface area (Å²) in [6, 6.07) is 8.55. The highest BCUT2D eigenvalue weighted by Gasteiger charge is 2.51. The van der Waals surface area contributed by atoms with E-state index in [0.717, 1.165) is 48.6 Å². The van der Waals surface area contributed by atoms with Crippen molar-refractivity contribution in [2.45, 2.75) is 30.7 Å². The molecule has 2 heterocycles. The van der Waals surface area contributed by atoms with Crippen LogP contribution in [0.2, 0.25) is 0 Å². The molecule has 9 N–H and O–H groups in total. The fourth-order valence-corrected chi connectivity index (χ4v) is 4.59. The summed E-state index contributed by atoms with van der Waals surface area (Å²) < 4.78 is 22.0. The number of hydrogen-bond acceptors (Lipinski definition) is 15. The smallest absolute Gasteiger partial charge is 0.335 e. The van der Waals surface area contributed by atoms with Crippen molar-refractivity contribution >= 4 is 29.0 Å². The standard InChI is InChI=1S/C30H24O16/c31-13-9-18(36)21-19(10-13)43-25(12-3-5-15(33)17(35)8-12)26(22(21)38)45-30-28(24(40)23(39)27(46-30)29(41)42)44-20(37)6-2-11-1-4-14(32)16(34)7-11/h1-10,23-24,27-28,30-36,39-40H,(H,41,42)/b6-2+. The van der Waals surface area contributed by atoms with Gasteiger partial charge in [-0.2, -0.15) is 0 Å². The molecule has 16 nitrogen and oxygen atoms in total. The first kappa shape index (κ1) is 31.5. The van der Waals surface area contributed by atoms with Gasteiger partial charge in [0, 0.05) is 23.8 Å². The molecule has 5 atom stereocenters. The van der Waals surface area contributed by atoms with Crippen LogP contribution in [0.25, 0.3) is 28.4 Å². The lowest BCUT2D eigenvalue weighted by Crippen LogP contribution is -2.62. The van der Waals surface area contributed by atoms with Gasteiger partial charge in [-0.15, -0.1) is 0 Å². The van der Waals surface area contributed by atoms with Gasteiger partial charge in [-0.05, 0) is 42.0 Å². The SMILES string of the molecule is O=C(/C=C/c1ccc(O)c(O)c1)OC1C(Oc2c(-c3ccc(O)c(O)c3)oc3cc(O)cc(O)c3c2=O)OC(C(=O)O)C(O)C1O. The third-order valence-electron chi connectivity index (χ3n) is 6.84. The third-order valence-corrected chi connectivity index (χ3v) is 6.84. The summed E-state index contributed by atoms with van der Waals surface area (Å²) in [7, 11) is 0. The van der Waals surface area contributed by atoms with Crippen LogP contribution in [0, 0.1) is 0 Å². The molecular weight excluding hydrogens is 616 g/mol. The molecule has 5 rings (SSSR count). The fourth-order valence-electron chi connectivity index (χ4n) is 4.59. The highest BCUT2D eigenvalue weighted by atomic mass is 16.7. The molecule has 0 bridgehead atoms. The number of carboxylic acids is 1. The van der Waals surface area contributed by atoms with E-state index in [-0.39, 0.29) is 16.7 Å². The highest BCUT2D eigenvalue weighted by Crippen LogP contribution is 2.39. The molecule has 1 aliphatic rings. The summed E-state index contributed by atoms with van der Waals surface area (Å²) in [6.07, 6.45) is -8.68. The van der Waals surface area contributed by atoms with Gasteiger partial charge in [-0.25, -0.2) is 9.59 Å². The Balaban J connectivity index is 1.58. The molecule has 46 heavy (non-hydrogen) atoms. The van der Waals surface area contributed by atoms with E-state index in [1.165, 1.54) is 12.1 Å². The molecule has 1 fully saturated rings. The molecule has 1 aromatic heterocycles. The number of carboxylic acid groups (broad SMARTS) is 1. The average molecular weight is 641 g/mol. The topological polar surface area (TPSA) is 274 Å². The molecule has 4 aromatic rings. The number of hydrogen-bond donors (Lipinski definition) is 9. The number of phenols is 6. The number of aliphatic hydroxyl groups is 2. The lowest BCUT2D eigenvalue weighted by Gasteiger charge is -2.40. The summed E-state index contributed by atoms with van der Waals surface area (Å²) in [6.45, 7) is 0. The number of ether oxygens (including phenoxy) is 3. The largest absolute Gasteiger partial charge is 0.508 e. The average Bonchev–Trinajstić information content (AvgIpc) is 2.99. The number of aliphatic hydroxyl groups excluding tert-OH is 2. The van der Waals surface area contributed by atoms with E-state index in [1.807, 2.05) is 0 Å². The molecule has 1 aliphatic heterocycles. The van der Waals surface area contributed by atoms with E-state index >= 15 is 0 Å². The normalized spacial score (nSPS) is 21.3. The third kappa shape index (κ3) is 6.03. The number of carbonyl (C=O) groups is 2. The van der Waals surface area contributed by atoms with Crippen molar-refractivity contribution < 1.29 is 74.2 Å². The number of rotatable bonds is 7. The van der Waals surface area contributed by atoms with Crippen LogP contribution in [0.4, 0.5) is 0 Å². The number of carbonyl (C=O) groups excluding carboxylic acids is 1. The van der Waals surface area contributed by atoms with Crippen molar-refractivity contribution in [2.75, 3.05) is 0 Å². The predicted molar refractivity (Wildman–Crippen MR) is 152 cm³/mol. The second-order valence-electron chi connectivity index (χ2n) is 9.98. The molecule has 0 amide bonds. The first-order valence-corrected chi connectivity index (χ1v) is 13.1. The maximum absolute atomic E-state index is 13.7. The quantitative estimate of drug-likeness (QED) is 0.0780. The van der Waals surface area contributed by atoms with Gasteiger partial charge in [0.2, 0.25) is 17.5 Å². The van der Waals surface area contributed by atoms with E-state index in [4.69, 9.17) is 18.6 Å². The molecule has 0 saturated carbocycles. The summed E-state index contributed by atoms with van der Waals surface area (Å²) in [4.78, 5) is 38.3. The Morgan fingerprint density at radius 2 is 1.48 bits per heavy atom. The van der Waals surface area contributed by atoms with Crippen molar-refractivity contribution in [3.05, 3.63) is 70.4 Å². The summed E-state index contributed by atoms with van der Waals surface area (Å²) >= 11 is 0. The Bertz CT molecular complexity index is 1930. The molecule has 0 aliphatic carbocycles. The minimum Gasteiger partial charge on any atom is -0.508 e. The van der Waals surface area contributed by atoms with Crippen molar-refractivity contribution in [3.8, 4) is 51.6 Å². The van der Waals surface area contributed by atoms with Crippen LogP contribution in [0.3, 0.4) is 0 Å². The number of aromatic hydroxyl groups is 6. The molecule has 1 saturated heterocycles. The number of aliphatic carboxylic acids is 1. The van der Waals surface area contributed by atoms with Gasteiger partial charge in [-0.3, -0.25) is 4.79 Å². The molecule has 16 heteroatoms. The molecule has 3 aromatic carbocycles. The zero-order valence-corrected chi connectivity index (χ0v) is 23.0. The van der Waals surface area contributed by atoms with Crippen LogP contribution in [0.5, 0.6) is 40.2 Å². The molecule has 0 radical (unpaired) electrons. The molecule has 5 unspecified atom stereocenters.